The minimum atomic E-state index is -1.83. The Morgan fingerprint density at radius 2 is 0.929 bits per heavy atom. The van der Waals surface area contributed by atoms with Gasteiger partial charge in [0, 0.05) is 27.1 Å². The van der Waals surface area contributed by atoms with Crippen molar-refractivity contribution in [3.63, 3.8) is 0 Å². The second-order valence-electron chi connectivity index (χ2n) is 5.75. The Morgan fingerprint density at radius 1 is 0.714 bits per heavy atom. The van der Waals surface area contributed by atoms with E-state index in [9.17, 15) is 0 Å². The van der Waals surface area contributed by atoms with Crippen molar-refractivity contribution < 1.29 is 59.8 Å². The third-order valence-electron chi connectivity index (χ3n) is 3.93. The van der Waals surface area contributed by atoms with Crippen LogP contribution in [0.3, 0.4) is 0 Å². The molecule has 2 unspecified atom stereocenters. The minimum absolute atomic E-state index is 0.150. The average Bonchev–Trinajstić information content (AvgIpc) is 2.63. The molecule has 0 aliphatic carbocycles. The van der Waals surface area contributed by atoms with E-state index in [-0.39, 0.29) is 11.2 Å². The highest BCUT2D eigenvalue weighted by Crippen LogP contribution is 2.18. The molecule has 12 nitrogen and oxygen atoms in total. The molecule has 0 aromatic heterocycles. The van der Waals surface area contributed by atoms with E-state index < -0.39 is 12.3 Å². The summed E-state index contributed by atoms with van der Waals surface area (Å²) >= 11 is 0. The lowest BCUT2D eigenvalue weighted by Crippen LogP contribution is -2.27. The lowest BCUT2D eigenvalue weighted by molar-refractivity contribution is -0.249. The van der Waals surface area contributed by atoms with Gasteiger partial charge in [-0.05, 0) is 26.7 Å². The van der Waals surface area contributed by atoms with E-state index in [0.29, 0.717) is 13.2 Å². The van der Waals surface area contributed by atoms with Crippen LogP contribution in [0.15, 0.2) is 0 Å². The fraction of sp³-hybridized carbons (Fsp3) is 0.875. The first-order valence-electron chi connectivity index (χ1n) is 8.30. The van der Waals surface area contributed by atoms with Crippen LogP contribution in [-0.4, -0.2) is 81.9 Å². The molecule has 0 saturated carbocycles. The molecule has 2 atom stereocenters. The van der Waals surface area contributed by atoms with Crippen LogP contribution in [0.4, 0.5) is 9.59 Å². The van der Waals surface area contributed by atoms with E-state index in [1.165, 1.54) is 0 Å². The highest BCUT2D eigenvalue weighted by atomic mass is 17.1. The van der Waals surface area contributed by atoms with Crippen molar-refractivity contribution in [2.24, 2.45) is 0 Å². The lowest BCUT2D eigenvalue weighted by atomic mass is 10.00. The van der Waals surface area contributed by atoms with Crippen LogP contribution in [0, 0.1) is 0 Å². The van der Waals surface area contributed by atoms with Gasteiger partial charge in [0.05, 0.1) is 24.4 Å². The molecule has 0 saturated heterocycles. The molecule has 28 heavy (non-hydrogen) atoms. The summed E-state index contributed by atoms with van der Waals surface area (Å²) in [7, 11) is 3.34. The van der Waals surface area contributed by atoms with E-state index in [0.717, 1.165) is 25.7 Å². The standard InChI is InChI=1S/2C7H16O3.2CH2O3/c2*1-4-7(2,9-3)5-6-10-8;2*2-1(3)4/h2*8H,4-6H2,1-3H3;2*(H2,2,3,4). The van der Waals surface area contributed by atoms with Gasteiger partial charge in [0.2, 0.25) is 0 Å². The summed E-state index contributed by atoms with van der Waals surface area (Å²) in [5.74, 6) is 0. The highest BCUT2D eigenvalue weighted by Gasteiger charge is 2.20. The Bertz CT molecular complexity index is 312. The highest BCUT2D eigenvalue weighted by molar-refractivity contribution is 5.53. The molecule has 0 rings (SSSR count). The van der Waals surface area contributed by atoms with Gasteiger partial charge in [-0.3, -0.25) is 10.5 Å². The van der Waals surface area contributed by atoms with Crippen molar-refractivity contribution in [1.29, 1.82) is 0 Å². The lowest BCUT2D eigenvalue weighted by Gasteiger charge is -2.25. The molecule has 0 aromatic rings. The molecular formula is C16H36O12. The number of hydrogen-bond donors (Lipinski definition) is 6. The van der Waals surface area contributed by atoms with Crippen LogP contribution >= 0.6 is 0 Å². The minimum Gasteiger partial charge on any atom is -0.450 e. The summed E-state index contributed by atoms with van der Waals surface area (Å²) < 4.78 is 10.4. The maximum atomic E-state index is 8.56. The molecule has 0 aliphatic rings. The van der Waals surface area contributed by atoms with Crippen molar-refractivity contribution in [1.82, 2.24) is 0 Å². The van der Waals surface area contributed by atoms with Crippen LogP contribution in [0.1, 0.15) is 53.4 Å². The molecule has 0 aliphatic heterocycles. The Labute approximate surface area is 165 Å². The predicted molar refractivity (Wildman–Crippen MR) is 99.1 cm³/mol. The van der Waals surface area contributed by atoms with Gasteiger partial charge in [-0.2, -0.15) is 0 Å². The maximum Gasteiger partial charge on any atom is 0.503 e. The van der Waals surface area contributed by atoms with Gasteiger partial charge in [-0.15, -0.1) is 0 Å². The predicted octanol–water partition coefficient (Wildman–Crippen LogP) is 3.81. The van der Waals surface area contributed by atoms with Gasteiger partial charge < -0.3 is 29.9 Å². The molecule has 0 heterocycles. The molecular weight excluding hydrogens is 384 g/mol. The second kappa shape index (κ2) is 21.6. The van der Waals surface area contributed by atoms with Gasteiger partial charge in [-0.1, -0.05) is 13.8 Å². The van der Waals surface area contributed by atoms with Crippen LogP contribution in [0.2, 0.25) is 0 Å². The maximum absolute atomic E-state index is 8.56. The zero-order chi connectivity index (χ0) is 23.2. The molecule has 0 amide bonds. The number of ether oxygens (including phenoxy) is 2. The van der Waals surface area contributed by atoms with Crippen molar-refractivity contribution in [2.45, 2.75) is 64.6 Å². The Hall–Kier alpha value is -1.70. The zero-order valence-electron chi connectivity index (χ0n) is 17.4. The third kappa shape index (κ3) is 32.0. The summed E-state index contributed by atoms with van der Waals surface area (Å²) in [4.78, 5) is 25.0. The van der Waals surface area contributed by atoms with Gasteiger partial charge in [0.1, 0.15) is 0 Å². The van der Waals surface area contributed by atoms with Gasteiger partial charge in [0.15, 0.2) is 0 Å². The Morgan fingerprint density at radius 3 is 1.04 bits per heavy atom. The SMILES string of the molecule is CCC(C)(CCOO)OC.CCC(C)(CCOO)OC.O=C(O)O.O=C(O)O. The summed E-state index contributed by atoms with van der Waals surface area (Å²) in [5, 5.41) is 44.0. The number of hydrogen-bond acceptors (Lipinski definition) is 8. The average molecular weight is 420 g/mol. The van der Waals surface area contributed by atoms with Crippen molar-refractivity contribution in [3.8, 4) is 0 Å². The van der Waals surface area contributed by atoms with Gasteiger partial charge in [0.25, 0.3) is 0 Å². The first-order chi connectivity index (χ1) is 12.8. The summed E-state index contributed by atoms with van der Waals surface area (Å²) in [5.41, 5.74) is -0.300. The van der Waals surface area contributed by atoms with Crippen molar-refractivity contribution in [3.05, 3.63) is 0 Å². The number of rotatable bonds is 10. The van der Waals surface area contributed by atoms with Gasteiger partial charge in [-0.25, -0.2) is 19.4 Å². The molecule has 0 radical (unpaired) electrons. The van der Waals surface area contributed by atoms with Crippen LogP contribution in [-0.2, 0) is 19.2 Å². The van der Waals surface area contributed by atoms with E-state index in [2.05, 4.69) is 9.78 Å². The molecule has 6 N–H and O–H groups in total. The smallest absolute Gasteiger partial charge is 0.450 e. The summed E-state index contributed by atoms with van der Waals surface area (Å²) in [6, 6.07) is 0. The van der Waals surface area contributed by atoms with E-state index in [1.807, 2.05) is 27.7 Å². The summed E-state index contributed by atoms with van der Waals surface area (Å²) in [6.45, 7) is 8.73. The monoisotopic (exact) mass is 420 g/mol. The van der Waals surface area contributed by atoms with Crippen LogP contribution in [0.5, 0.6) is 0 Å². The molecule has 0 bridgehead atoms. The molecule has 0 fully saturated rings. The largest absolute Gasteiger partial charge is 0.503 e. The fourth-order valence-corrected chi connectivity index (χ4v) is 1.37. The number of methoxy groups -OCH3 is 2. The second-order valence-corrected chi connectivity index (χ2v) is 5.75. The topological polar surface area (TPSA) is 192 Å². The van der Waals surface area contributed by atoms with Crippen molar-refractivity contribution in [2.75, 3.05) is 27.4 Å². The number of carbonyl (C=O) groups is 2. The van der Waals surface area contributed by atoms with Gasteiger partial charge >= 0.3 is 12.3 Å². The Kier molecular flexibility index (Phi) is 26.1. The Balaban J connectivity index is -0.000000150. The van der Waals surface area contributed by atoms with Crippen LogP contribution in [0.25, 0.3) is 0 Å². The van der Waals surface area contributed by atoms with Crippen LogP contribution < -0.4 is 0 Å². The summed E-state index contributed by atoms with van der Waals surface area (Å²) in [6.07, 6.45) is -0.382. The number of carboxylic acid groups (broad SMARTS) is 4. The molecule has 172 valence electrons. The molecule has 12 heteroatoms. The van der Waals surface area contributed by atoms with E-state index in [1.54, 1.807) is 14.2 Å². The normalized spacial score (nSPS) is 13.7. The van der Waals surface area contributed by atoms with Crippen molar-refractivity contribution >= 4 is 12.3 Å². The molecule has 0 aromatic carbocycles. The molecule has 0 spiro atoms. The zero-order valence-corrected chi connectivity index (χ0v) is 17.4. The first kappa shape index (κ1) is 33.9. The van der Waals surface area contributed by atoms with E-state index >= 15 is 0 Å². The van der Waals surface area contributed by atoms with E-state index in [4.69, 9.17) is 50.0 Å². The fourth-order valence-electron chi connectivity index (χ4n) is 1.37. The first-order valence-corrected chi connectivity index (χ1v) is 8.30. The third-order valence-corrected chi connectivity index (χ3v) is 3.93. The quantitative estimate of drug-likeness (QED) is 0.221.